The van der Waals surface area contributed by atoms with Gasteiger partial charge >= 0.3 is 0 Å². The van der Waals surface area contributed by atoms with Crippen molar-refractivity contribution in [3.63, 3.8) is 0 Å². The van der Waals surface area contributed by atoms with Gasteiger partial charge in [0.15, 0.2) is 0 Å². The van der Waals surface area contributed by atoms with Crippen molar-refractivity contribution < 1.29 is 0 Å². The number of aromatic nitrogens is 1. The van der Waals surface area contributed by atoms with Crippen LogP contribution in [0.5, 0.6) is 0 Å². The molecular formula is C9H15N3. The maximum atomic E-state index is 5.43. The fourth-order valence-electron chi connectivity index (χ4n) is 0.946. The molecule has 12 heavy (non-hydrogen) atoms. The van der Waals surface area contributed by atoms with E-state index in [1.165, 1.54) is 0 Å². The standard InChI is InChI=1S/C9H15N3/c1-3-12(2)9-5-4-8(6-10)11-7-9/h4-5,7H,3,6,10H2,1-2H3. The van der Waals surface area contributed by atoms with Crippen molar-refractivity contribution in [2.75, 3.05) is 18.5 Å². The van der Waals surface area contributed by atoms with Crippen LogP contribution in [-0.2, 0) is 6.54 Å². The largest absolute Gasteiger partial charge is 0.374 e. The van der Waals surface area contributed by atoms with E-state index in [1.54, 1.807) is 0 Å². The van der Waals surface area contributed by atoms with Crippen LogP contribution in [0.15, 0.2) is 18.3 Å². The van der Waals surface area contributed by atoms with Gasteiger partial charge < -0.3 is 10.6 Å². The second-order valence-corrected chi connectivity index (χ2v) is 2.73. The molecule has 66 valence electrons. The number of nitrogens with zero attached hydrogens (tertiary/aromatic N) is 2. The van der Waals surface area contributed by atoms with Gasteiger partial charge in [0.25, 0.3) is 0 Å². The van der Waals surface area contributed by atoms with Gasteiger partial charge in [-0.1, -0.05) is 0 Å². The lowest BCUT2D eigenvalue weighted by molar-refractivity contribution is 0.941. The van der Waals surface area contributed by atoms with Crippen LogP contribution >= 0.6 is 0 Å². The number of nitrogens with two attached hydrogens (primary N) is 1. The quantitative estimate of drug-likeness (QED) is 0.726. The minimum atomic E-state index is 0.510. The molecule has 1 aromatic rings. The van der Waals surface area contributed by atoms with Crippen molar-refractivity contribution in [2.24, 2.45) is 5.73 Å². The van der Waals surface area contributed by atoms with Crippen LogP contribution < -0.4 is 10.6 Å². The van der Waals surface area contributed by atoms with Crippen molar-refractivity contribution in [1.82, 2.24) is 4.98 Å². The molecule has 0 aliphatic rings. The summed E-state index contributed by atoms with van der Waals surface area (Å²) in [7, 11) is 2.04. The normalized spacial score (nSPS) is 9.92. The summed E-state index contributed by atoms with van der Waals surface area (Å²) in [6.07, 6.45) is 1.85. The zero-order chi connectivity index (χ0) is 8.97. The first-order chi connectivity index (χ1) is 5.77. The SMILES string of the molecule is CCN(C)c1ccc(CN)nc1. The number of hydrogen-bond acceptors (Lipinski definition) is 3. The molecule has 1 rings (SSSR count). The van der Waals surface area contributed by atoms with E-state index >= 15 is 0 Å². The summed E-state index contributed by atoms with van der Waals surface area (Å²) in [5.74, 6) is 0. The Balaban J connectivity index is 2.77. The summed E-state index contributed by atoms with van der Waals surface area (Å²) >= 11 is 0. The lowest BCUT2D eigenvalue weighted by Gasteiger charge is -2.15. The average molecular weight is 165 g/mol. The molecule has 1 aromatic heterocycles. The highest BCUT2D eigenvalue weighted by molar-refractivity contribution is 5.43. The third-order valence-electron chi connectivity index (χ3n) is 1.93. The lowest BCUT2D eigenvalue weighted by atomic mass is 10.3. The smallest absolute Gasteiger partial charge is 0.0550 e. The van der Waals surface area contributed by atoms with Gasteiger partial charge in [0, 0.05) is 20.1 Å². The van der Waals surface area contributed by atoms with E-state index in [2.05, 4.69) is 16.8 Å². The molecule has 0 aliphatic carbocycles. The molecule has 0 spiro atoms. The topological polar surface area (TPSA) is 42.1 Å². The van der Waals surface area contributed by atoms with Gasteiger partial charge in [0.1, 0.15) is 0 Å². The van der Waals surface area contributed by atoms with Crippen LogP contribution in [0.1, 0.15) is 12.6 Å². The molecule has 1 heterocycles. The Labute approximate surface area is 73.2 Å². The summed E-state index contributed by atoms with van der Waals surface area (Å²) in [6.45, 7) is 3.61. The Morgan fingerprint density at radius 3 is 2.67 bits per heavy atom. The van der Waals surface area contributed by atoms with Crippen LogP contribution in [0, 0.1) is 0 Å². The van der Waals surface area contributed by atoms with E-state index in [4.69, 9.17) is 5.73 Å². The summed E-state index contributed by atoms with van der Waals surface area (Å²) in [5.41, 5.74) is 7.50. The minimum absolute atomic E-state index is 0.510. The summed E-state index contributed by atoms with van der Waals surface area (Å²) in [6, 6.07) is 4.00. The molecule has 0 atom stereocenters. The van der Waals surface area contributed by atoms with Gasteiger partial charge in [0.2, 0.25) is 0 Å². The third kappa shape index (κ3) is 1.95. The lowest BCUT2D eigenvalue weighted by Crippen LogP contribution is -2.16. The van der Waals surface area contributed by atoms with Gasteiger partial charge in [-0.3, -0.25) is 4.98 Å². The molecule has 0 fully saturated rings. The van der Waals surface area contributed by atoms with Crippen LogP contribution in [0.25, 0.3) is 0 Å². The first-order valence-corrected chi connectivity index (χ1v) is 4.14. The Morgan fingerprint density at radius 1 is 1.50 bits per heavy atom. The monoisotopic (exact) mass is 165 g/mol. The van der Waals surface area contributed by atoms with Crippen molar-refractivity contribution in [3.8, 4) is 0 Å². The second kappa shape index (κ2) is 4.07. The molecule has 2 N–H and O–H groups in total. The number of pyridine rings is 1. The predicted molar refractivity (Wildman–Crippen MR) is 51.1 cm³/mol. The van der Waals surface area contributed by atoms with Crippen LogP contribution in [0.2, 0.25) is 0 Å². The Hall–Kier alpha value is -1.09. The molecule has 0 aliphatic heterocycles. The molecular weight excluding hydrogens is 150 g/mol. The second-order valence-electron chi connectivity index (χ2n) is 2.73. The van der Waals surface area contributed by atoms with Crippen molar-refractivity contribution in [2.45, 2.75) is 13.5 Å². The molecule has 3 heteroatoms. The Kier molecular flexibility index (Phi) is 3.05. The third-order valence-corrected chi connectivity index (χ3v) is 1.93. The Bertz CT molecular complexity index is 230. The molecule has 0 saturated heterocycles. The zero-order valence-corrected chi connectivity index (χ0v) is 7.62. The highest BCUT2D eigenvalue weighted by atomic mass is 15.1. The van der Waals surface area contributed by atoms with E-state index in [1.807, 2.05) is 25.4 Å². The fourth-order valence-corrected chi connectivity index (χ4v) is 0.946. The van der Waals surface area contributed by atoms with Gasteiger partial charge in [-0.25, -0.2) is 0 Å². The van der Waals surface area contributed by atoms with Gasteiger partial charge in [-0.2, -0.15) is 0 Å². The van der Waals surface area contributed by atoms with Gasteiger partial charge in [0.05, 0.1) is 17.6 Å². The summed E-state index contributed by atoms with van der Waals surface area (Å²) in [5, 5.41) is 0. The van der Waals surface area contributed by atoms with Crippen LogP contribution in [-0.4, -0.2) is 18.6 Å². The zero-order valence-electron chi connectivity index (χ0n) is 7.62. The molecule has 0 unspecified atom stereocenters. The van der Waals surface area contributed by atoms with E-state index in [-0.39, 0.29) is 0 Å². The van der Waals surface area contributed by atoms with Crippen molar-refractivity contribution in [3.05, 3.63) is 24.0 Å². The molecule has 0 bridgehead atoms. The summed E-state index contributed by atoms with van der Waals surface area (Å²) in [4.78, 5) is 6.33. The van der Waals surface area contributed by atoms with Gasteiger partial charge in [-0.05, 0) is 19.1 Å². The first-order valence-electron chi connectivity index (χ1n) is 4.14. The number of hydrogen-bond donors (Lipinski definition) is 1. The number of rotatable bonds is 3. The molecule has 0 amide bonds. The predicted octanol–water partition coefficient (Wildman–Crippen LogP) is 0.996. The molecule has 0 radical (unpaired) electrons. The van der Waals surface area contributed by atoms with Crippen molar-refractivity contribution in [1.29, 1.82) is 0 Å². The first kappa shape index (κ1) is 9.00. The highest BCUT2D eigenvalue weighted by Crippen LogP contribution is 2.09. The van der Waals surface area contributed by atoms with E-state index < -0.39 is 0 Å². The maximum absolute atomic E-state index is 5.43. The Morgan fingerprint density at radius 2 is 2.25 bits per heavy atom. The maximum Gasteiger partial charge on any atom is 0.0550 e. The van der Waals surface area contributed by atoms with Crippen LogP contribution in [0.3, 0.4) is 0 Å². The summed E-state index contributed by atoms with van der Waals surface area (Å²) < 4.78 is 0. The van der Waals surface area contributed by atoms with Crippen molar-refractivity contribution >= 4 is 5.69 Å². The molecule has 3 nitrogen and oxygen atoms in total. The average Bonchev–Trinajstić information content (AvgIpc) is 2.17. The van der Waals surface area contributed by atoms with Crippen LogP contribution in [0.4, 0.5) is 5.69 Å². The highest BCUT2D eigenvalue weighted by Gasteiger charge is 1.97. The fraction of sp³-hybridized carbons (Fsp3) is 0.444. The molecule has 0 saturated carbocycles. The number of anilines is 1. The van der Waals surface area contributed by atoms with E-state index in [0.717, 1.165) is 17.9 Å². The minimum Gasteiger partial charge on any atom is -0.374 e. The van der Waals surface area contributed by atoms with E-state index in [9.17, 15) is 0 Å². The van der Waals surface area contributed by atoms with E-state index in [0.29, 0.717) is 6.54 Å². The van der Waals surface area contributed by atoms with Gasteiger partial charge in [-0.15, -0.1) is 0 Å². The molecule has 0 aromatic carbocycles.